The number of carbonyl (C=O) groups excluding carboxylic acids is 1. The lowest BCUT2D eigenvalue weighted by atomic mass is 9.94. The molecule has 0 radical (unpaired) electrons. The molecule has 1 heterocycles. The fourth-order valence-corrected chi connectivity index (χ4v) is 4.02. The highest BCUT2D eigenvalue weighted by molar-refractivity contribution is 7.90. The largest absolute Gasteiger partial charge is 0.350 e. The molecule has 6 nitrogen and oxygen atoms in total. The summed E-state index contributed by atoms with van der Waals surface area (Å²) < 4.78 is 23.0. The molecule has 0 fully saturated rings. The van der Waals surface area contributed by atoms with Crippen molar-refractivity contribution in [2.24, 2.45) is 0 Å². The number of aromatic amines is 1. The molecule has 1 amide bonds. The van der Waals surface area contributed by atoms with Crippen LogP contribution in [0.3, 0.4) is 0 Å². The van der Waals surface area contributed by atoms with E-state index in [4.69, 9.17) is 0 Å². The first kappa shape index (κ1) is 18.6. The maximum absolute atomic E-state index is 12.3. The predicted octanol–water partition coefficient (Wildman–Crippen LogP) is 2.50. The maximum Gasteiger partial charge on any atom is 0.220 e. The van der Waals surface area contributed by atoms with Gasteiger partial charge in [0, 0.05) is 24.8 Å². The number of fused-ring (bicyclic) bond motifs is 1. The summed E-state index contributed by atoms with van der Waals surface area (Å²) in [5, 5.41) is 10.5. The molecule has 0 unspecified atom stereocenters. The van der Waals surface area contributed by atoms with E-state index >= 15 is 0 Å². The van der Waals surface area contributed by atoms with Crippen molar-refractivity contribution < 1.29 is 13.2 Å². The van der Waals surface area contributed by atoms with E-state index in [9.17, 15) is 13.2 Å². The number of nitrogens with zero attached hydrogens (tertiary/aromatic N) is 1. The van der Waals surface area contributed by atoms with E-state index in [2.05, 4.69) is 15.5 Å². The predicted molar refractivity (Wildman–Crippen MR) is 99.7 cm³/mol. The third-order valence-corrected chi connectivity index (χ3v) is 6.05. The Kier molecular flexibility index (Phi) is 5.46. The van der Waals surface area contributed by atoms with Gasteiger partial charge in [0.05, 0.1) is 16.6 Å². The number of H-pyrrole nitrogens is 1. The molecule has 2 N–H and O–H groups in total. The number of benzene rings is 1. The third kappa shape index (κ3) is 4.33. The van der Waals surface area contributed by atoms with Crippen LogP contribution < -0.4 is 5.32 Å². The van der Waals surface area contributed by atoms with E-state index in [1.165, 1.54) is 30.4 Å². The van der Waals surface area contributed by atoms with E-state index in [0.717, 1.165) is 24.1 Å². The van der Waals surface area contributed by atoms with Crippen molar-refractivity contribution in [2.45, 2.75) is 56.4 Å². The number of rotatable bonds is 6. The van der Waals surface area contributed by atoms with Crippen LogP contribution >= 0.6 is 0 Å². The Balaban J connectivity index is 1.55. The third-order valence-electron chi connectivity index (χ3n) is 4.92. The summed E-state index contributed by atoms with van der Waals surface area (Å²) in [7, 11) is -3.21. The number of aromatic nitrogens is 2. The van der Waals surface area contributed by atoms with Crippen LogP contribution in [0.25, 0.3) is 0 Å². The van der Waals surface area contributed by atoms with Gasteiger partial charge in [-0.2, -0.15) is 5.10 Å². The average Bonchev–Trinajstić information content (AvgIpc) is 3.02. The quantitative estimate of drug-likeness (QED) is 0.811. The summed E-state index contributed by atoms with van der Waals surface area (Å²) in [6, 6.07) is 6.45. The summed E-state index contributed by atoms with van der Waals surface area (Å²) in [4.78, 5) is 12.6. The molecule has 1 aliphatic carbocycles. The van der Waals surface area contributed by atoms with E-state index in [1.807, 2.05) is 6.92 Å². The second-order valence-electron chi connectivity index (χ2n) is 6.96. The number of amides is 1. The molecule has 2 aromatic rings. The number of aryl methyl sites for hydroxylation is 2. The van der Waals surface area contributed by atoms with Crippen molar-refractivity contribution >= 4 is 15.7 Å². The van der Waals surface area contributed by atoms with Gasteiger partial charge in [-0.15, -0.1) is 0 Å². The van der Waals surface area contributed by atoms with Crippen molar-refractivity contribution in [3.8, 4) is 0 Å². The second-order valence-corrected chi connectivity index (χ2v) is 8.98. The molecular formula is C19H25N3O3S. The standard InChI is InChI=1S/C19H25N3O3S/c1-13(14-7-9-15(10-8-14)26(2,24)25)20-19(23)12-11-18-16-5-3-4-6-17(16)21-22-18/h7-10,13H,3-6,11-12H2,1-2H3,(H,20,23)(H,21,22)/t13-/m1/s1. The van der Waals surface area contributed by atoms with Crippen molar-refractivity contribution in [1.82, 2.24) is 15.5 Å². The summed E-state index contributed by atoms with van der Waals surface area (Å²) in [5.74, 6) is -0.0303. The van der Waals surface area contributed by atoms with Crippen molar-refractivity contribution in [1.29, 1.82) is 0 Å². The van der Waals surface area contributed by atoms with E-state index < -0.39 is 9.84 Å². The smallest absolute Gasteiger partial charge is 0.220 e. The van der Waals surface area contributed by atoms with Gasteiger partial charge in [0.2, 0.25) is 5.91 Å². The lowest BCUT2D eigenvalue weighted by molar-refractivity contribution is -0.121. The Hall–Kier alpha value is -2.15. The zero-order valence-corrected chi connectivity index (χ0v) is 16.0. The highest BCUT2D eigenvalue weighted by Crippen LogP contribution is 2.23. The Morgan fingerprint density at radius 1 is 1.23 bits per heavy atom. The zero-order valence-electron chi connectivity index (χ0n) is 15.2. The molecular weight excluding hydrogens is 350 g/mol. The molecule has 1 aliphatic rings. The zero-order chi connectivity index (χ0) is 18.7. The molecule has 1 atom stereocenters. The van der Waals surface area contributed by atoms with Gasteiger partial charge in [-0.05, 0) is 55.9 Å². The SMILES string of the molecule is C[C@@H](NC(=O)CCc1n[nH]c2c1CCCC2)c1ccc(S(C)(=O)=O)cc1. The van der Waals surface area contributed by atoms with Crippen molar-refractivity contribution in [3.63, 3.8) is 0 Å². The molecule has 0 aliphatic heterocycles. The van der Waals surface area contributed by atoms with Gasteiger partial charge >= 0.3 is 0 Å². The van der Waals surface area contributed by atoms with Crippen LogP contribution in [0, 0.1) is 0 Å². The van der Waals surface area contributed by atoms with Crippen LogP contribution in [0.2, 0.25) is 0 Å². The van der Waals surface area contributed by atoms with E-state index in [1.54, 1.807) is 24.3 Å². The number of hydrogen-bond acceptors (Lipinski definition) is 4. The number of carbonyl (C=O) groups is 1. The van der Waals surface area contributed by atoms with Crippen molar-refractivity contribution in [2.75, 3.05) is 6.26 Å². The Morgan fingerprint density at radius 2 is 1.92 bits per heavy atom. The minimum Gasteiger partial charge on any atom is -0.350 e. The first-order chi connectivity index (χ1) is 12.3. The highest BCUT2D eigenvalue weighted by Gasteiger charge is 2.18. The van der Waals surface area contributed by atoms with E-state index in [-0.39, 0.29) is 16.8 Å². The minimum atomic E-state index is -3.21. The first-order valence-electron chi connectivity index (χ1n) is 8.99. The van der Waals surface area contributed by atoms with Gasteiger partial charge in [0.1, 0.15) is 0 Å². The highest BCUT2D eigenvalue weighted by atomic mass is 32.2. The van der Waals surface area contributed by atoms with Crippen LogP contribution in [0.5, 0.6) is 0 Å². The summed E-state index contributed by atoms with van der Waals surface area (Å²) in [5.41, 5.74) is 4.42. The van der Waals surface area contributed by atoms with Crippen LogP contribution in [-0.2, 0) is 33.9 Å². The van der Waals surface area contributed by atoms with Crippen molar-refractivity contribution in [3.05, 3.63) is 46.8 Å². The fourth-order valence-electron chi connectivity index (χ4n) is 3.39. The van der Waals surface area contributed by atoms with Crippen LogP contribution in [0.4, 0.5) is 0 Å². The Morgan fingerprint density at radius 3 is 2.62 bits per heavy atom. The number of nitrogens with one attached hydrogen (secondary N) is 2. The molecule has 0 spiro atoms. The normalized spacial score (nSPS) is 15.3. The molecule has 1 aromatic carbocycles. The van der Waals surface area contributed by atoms with Gasteiger partial charge in [-0.3, -0.25) is 9.89 Å². The van der Waals surface area contributed by atoms with Gasteiger partial charge in [-0.25, -0.2) is 8.42 Å². The maximum atomic E-state index is 12.3. The van der Waals surface area contributed by atoms with Crippen LogP contribution in [0.15, 0.2) is 29.2 Å². The van der Waals surface area contributed by atoms with E-state index in [0.29, 0.717) is 12.8 Å². The monoisotopic (exact) mass is 375 g/mol. The molecule has 3 rings (SSSR count). The molecule has 0 bridgehead atoms. The molecule has 26 heavy (non-hydrogen) atoms. The van der Waals surface area contributed by atoms with Crippen LogP contribution in [-0.4, -0.2) is 30.8 Å². The number of sulfone groups is 1. The summed E-state index contributed by atoms with van der Waals surface area (Å²) >= 11 is 0. The Bertz CT molecular complexity index is 885. The molecule has 7 heteroatoms. The first-order valence-corrected chi connectivity index (χ1v) is 10.9. The number of hydrogen-bond donors (Lipinski definition) is 2. The second kappa shape index (κ2) is 7.61. The van der Waals surface area contributed by atoms with Gasteiger partial charge in [0.15, 0.2) is 9.84 Å². The van der Waals surface area contributed by atoms with Gasteiger partial charge in [-0.1, -0.05) is 12.1 Å². The van der Waals surface area contributed by atoms with Gasteiger partial charge in [0.25, 0.3) is 0 Å². The molecule has 0 saturated carbocycles. The molecule has 1 aromatic heterocycles. The van der Waals surface area contributed by atoms with Crippen LogP contribution in [0.1, 0.15) is 54.7 Å². The lowest BCUT2D eigenvalue weighted by Crippen LogP contribution is -2.27. The summed E-state index contributed by atoms with van der Waals surface area (Å²) in [6.45, 7) is 1.89. The molecule has 0 saturated heterocycles. The average molecular weight is 375 g/mol. The topological polar surface area (TPSA) is 91.9 Å². The molecule has 140 valence electrons. The fraction of sp³-hybridized carbons (Fsp3) is 0.474. The lowest BCUT2D eigenvalue weighted by Gasteiger charge is -2.15. The summed E-state index contributed by atoms with van der Waals surface area (Å²) in [6.07, 6.45) is 6.69. The Labute approximate surface area is 154 Å². The van der Waals surface area contributed by atoms with Gasteiger partial charge < -0.3 is 5.32 Å². The minimum absolute atomic E-state index is 0.0303.